The number of methoxy groups -OCH3 is 1. The summed E-state index contributed by atoms with van der Waals surface area (Å²) in [4.78, 5) is 30.6. The van der Waals surface area contributed by atoms with Crippen molar-refractivity contribution in [2.24, 2.45) is 0 Å². The molecule has 0 radical (unpaired) electrons. The summed E-state index contributed by atoms with van der Waals surface area (Å²) in [5.74, 6) is -0.251. The lowest BCUT2D eigenvalue weighted by atomic mass is 9.95. The van der Waals surface area contributed by atoms with Crippen LogP contribution in [-0.4, -0.2) is 67.8 Å². The third kappa shape index (κ3) is 4.23. The minimum Gasteiger partial charge on any atom is -0.495 e. The number of fused-ring (bicyclic) bond motifs is 3. The number of ether oxygens (including phenoxy) is 1. The Labute approximate surface area is 204 Å². The molecule has 0 spiro atoms. The van der Waals surface area contributed by atoms with Gasteiger partial charge in [-0.15, -0.1) is 0 Å². The fraction of sp³-hybridized carbons (Fsp3) is 0.286. The highest BCUT2D eigenvalue weighted by atomic mass is 16.5. The number of carbonyl (C=O) groups excluding carboxylic acids is 2. The summed E-state index contributed by atoms with van der Waals surface area (Å²) in [5.41, 5.74) is 4.89. The molecule has 7 nitrogen and oxygen atoms in total. The smallest absolute Gasteiger partial charge is 0.247 e. The molecule has 0 unspecified atom stereocenters. The number of amides is 2. The van der Waals surface area contributed by atoms with Gasteiger partial charge in [-0.25, -0.2) is 0 Å². The lowest BCUT2D eigenvalue weighted by molar-refractivity contribution is -0.138. The largest absolute Gasteiger partial charge is 0.495 e. The predicted octanol–water partition coefficient (Wildman–Crippen LogP) is 2.63. The van der Waals surface area contributed by atoms with Gasteiger partial charge in [0.2, 0.25) is 11.8 Å². The molecule has 2 aliphatic rings. The Balaban J connectivity index is 1.27. The lowest BCUT2D eigenvalue weighted by Gasteiger charge is -2.38. The maximum atomic E-state index is 13.4. The standard InChI is InChI=1S/C28H29N3O4/c1-35-25-13-7-6-12-24(25)30-14-16-31(17-15-30)28(34)23(18-32)29-27(33)26-21-10-4-2-8-19(21)20-9-3-5-11-22(20)26/h2-13,23,26,32H,14-18H2,1H3,(H,29,33)/t23-/m0/s1. The van der Waals surface area contributed by atoms with Crippen LogP contribution in [0.1, 0.15) is 17.0 Å². The molecule has 1 atom stereocenters. The van der Waals surface area contributed by atoms with Crippen molar-refractivity contribution in [1.29, 1.82) is 0 Å². The van der Waals surface area contributed by atoms with E-state index in [1.807, 2.05) is 72.8 Å². The van der Waals surface area contributed by atoms with Gasteiger partial charge in [0.15, 0.2) is 0 Å². The summed E-state index contributed by atoms with van der Waals surface area (Å²) in [5, 5.41) is 12.9. The molecule has 5 rings (SSSR count). The van der Waals surface area contributed by atoms with Gasteiger partial charge in [-0.3, -0.25) is 9.59 Å². The van der Waals surface area contributed by atoms with Crippen molar-refractivity contribution in [3.63, 3.8) is 0 Å². The van der Waals surface area contributed by atoms with Crippen LogP contribution in [0.4, 0.5) is 5.69 Å². The Hall–Kier alpha value is -3.84. The molecule has 0 saturated carbocycles. The molecule has 3 aromatic rings. The average Bonchev–Trinajstić information content (AvgIpc) is 3.26. The number of para-hydroxylation sites is 2. The van der Waals surface area contributed by atoms with Gasteiger partial charge in [-0.2, -0.15) is 0 Å². The topological polar surface area (TPSA) is 82.1 Å². The van der Waals surface area contributed by atoms with Crippen molar-refractivity contribution in [2.45, 2.75) is 12.0 Å². The number of aliphatic hydroxyl groups is 1. The molecule has 2 amide bonds. The van der Waals surface area contributed by atoms with E-state index in [9.17, 15) is 14.7 Å². The Kier molecular flexibility index (Phi) is 6.42. The van der Waals surface area contributed by atoms with E-state index in [2.05, 4.69) is 10.2 Å². The van der Waals surface area contributed by atoms with Gasteiger partial charge in [0.05, 0.1) is 25.3 Å². The molecule has 1 fully saturated rings. The summed E-state index contributed by atoms with van der Waals surface area (Å²) >= 11 is 0. The highest BCUT2D eigenvalue weighted by Crippen LogP contribution is 2.44. The minimum absolute atomic E-state index is 0.264. The van der Waals surface area contributed by atoms with Gasteiger partial charge >= 0.3 is 0 Å². The second-order valence-corrected chi connectivity index (χ2v) is 8.84. The third-order valence-electron chi connectivity index (χ3n) is 6.91. The Morgan fingerprint density at radius 1 is 0.914 bits per heavy atom. The monoisotopic (exact) mass is 471 g/mol. The molecule has 3 aromatic carbocycles. The molecule has 1 aliphatic carbocycles. The summed E-state index contributed by atoms with van der Waals surface area (Å²) in [7, 11) is 1.65. The first kappa shape index (κ1) is 22.9. The number of nitrogens with zero attached hydrogens (tertiary/aromatic N) is 2. The zero-order valence-corrected chi connectivity index (χ0v) is 19.7. The van der Waals surface area contributed by atoms with Crippen LogP contribution < -0.4 is 15.0 Å². The second-order valence-electron chi connectivity index (χ2n) is 8.84. The first-order valence-corrected chi connectivity index (χ1v) is 11.9. The molecule has 35 heavy (non-hydrogen) atoms. The van der Waals surface area contributed by atoms with E-state index in [1.54, 1.807) is 12.0 Å². The maximum Gasteiger partial charge on any atom is 0.247 e. The van der Waals surface area contributed by atoms with E-state index in [0.717, 1.165) is 33.7 Å². The molecular weight excluding hydrogens is 442 g/mol. The molecule has 0 bridgehead atoms. The van der Waals surface area contributed by atoms with Gasteiger partial charge < -0.3 is 25.0 Å². The summed E-state index contributed by atoms with van der Waals surface area (Å²) < 4.78 is 5.47. The predicted molar refractivity (Wildman–Crippen MR) is 135 cm³/mol. The van der Waals surface area contributed by atoms with Crippen LogP contribution in [0.2, 0.25) is 0 Å². The lowest BCUT2D eigenvalue weighted by Crippen LogP contribution is -2.56. The zero-order chi connectivity index (χ0) is 24.4. The number of anilines is 1. The molecule has 180 valence electrons. The van der Waals surface area contributed by atoms with Crippen molar-refractivity contribution in [1.82, 2.24) is 10.2 Å². The first-order chi connectivity index (χ1) is 17.1. The summed E-state index contributed by atoms with van der Waals surface area (Å²) in [6.45, 7) is 1.83. The first-order valence-electron chi connectivity index (χ1n) is 11.9. The van der Waals surface area contributed by atoms with Crippen LogP contribution in [-0.2, 0) is 9.59 Å². The van der Waals surface area contributed by atoms with E-state index < -0.39 is 18.6 Å². The molecule has 1 aliphatic heterocycles. The SMILES string of the molecule is COc1ccccc1N1CCN(C(=O)[C@H](CO)NC(=O)C2c3ccccc3-c3ccccc32)CC1. The molecular formula is C28H29N3O4. The number of hydrogen-bond acceptors (Lipinski definition) is 5. The highest BCUT2D eigenvalue weighted by molar-refractivity contribution is 5.98. The summed E-state index contributed by atoms with van der Waals surface area (Å²) in [6.07, 6.45) is 0. The van der Waals surface area contributed by atoms with Gasteiger partial charge in [-0.1, -0.05) is 60.7 Å². The number of hydrogen-bond donors (Lipinski definition) is 2. The van der Waals surface area contributed by atoms with Crippen molar-refractivity contribution in [3.8, 4) is 16.9 Å². The Bertz CT molecular complexity index is 1190. The van der Waals surface area contributed by atoms with Crippen molar-refractivity contribution < 1.29 is 19.4 Å². The van der Waals surface area contributed by atoms with Crippen LogP contribution in [0.5, 0.6) is 5.75 Å². The number of piperazine rings is 1. The number of rotatable bonds is 6. The fourth-order valence-corrected chi connectivity index (χ4v) is 5.16. The zero-order valence-electron chi connectivity index (χ0n) is 19.7. The van der Waals surface area contributed by atoms with Gasteiger partial charge in [0, 0.05) is 26.2 Å². The Morgan fingerprint density at radius 2 is 1.49 bits per heavy atom. The minimum atomic E-state index is -0.986. The molecule has 7 heteroatoms. The normalized spacial score (nSPS) is 15.8. The van der Waals surface area contributed by atoms with E-state index in [1.165, 1.54) is 0 Å². The van der Waals surface area contributed by atoms with Gasteiger partial charge in [0.1, 0.15) is 11.8 Å². The van der Waals surface area contributed by atoms with Gasteiger partial charge in [-0.05, 0) is 34.4 Å². The summed E-state index contributed by atoms with van der Waals surface area (Å²) in [6, 6.07) is 22.5. The average molecular weight is 472 g/mol. The Morgan fingerprint density at radius 3 is 2.09 bits per heavy atom. The van der Waals surface area contributed by atoms with E-state index >= 15 is 0 Å². The number of benzene rings is 3. The van der Waals surface area contributed by atoms with E-state index in [4.69, 9.17) is 4.74 Å². The van der Waals surface area contributed by atoms with E-state index in [0.29, 0.717) is 26.2 Å². The third-order valence-corrected chi connectivity index (χ3v) is 6.91. The van der Waals surface area contributed by atoms with Crippen LogP contribution in [0.15, 0.2) is 72.8 Å². The fourth-order valence-electron chi connectivity index (χ4n) is 5.16. The van der Waals surface area contributed by atoms with Crippen molar-refractivity contribution in [2.75, 3.05) is 44.8 Å². The maximum absolute atomic E-state index is 13.4. The van der Waals surface area contributed by atoms with Gasteiger partial charge in [0.25, 0.3) is 0 Å². The van der Waals surface area contributed by atoms with Crippen LogP contribution in [0.25, 0.3) is 11.1 Å². The molecule has 1 heterocycles. The molecule has 2 N–H and O–H groups in total. The van der Waals surface area contributed by atoms with Crippen molar-refractivity contribution >= 4 is 17.5 Å². The van der Waals surface area contributed by atoms with Crippen LogP contribution >= 0.6 is 0 Å². The van der Waals surface area contributed by atoms with E-state index in [-0.39, 0.29) is 11.8 Å². The molecule has 0 aromatic heterocycles. The number of aliphatic hydroxyl groups excluding tert-OH is 1. The highest BCUT2D eigenvalue weighted by Gasteiger charge is 2.36. The number of nitrogens with one attached hydrogen (secondary N) is 1. The van der Waals surface area contributed by atoms with Crippen LogP contribution in [0, 0.1) is 0 Å². The van der Waals surface area contributed by atoms with Crippen molar-refractivity contribution in [3.05, 3.63) is 83.9 Å². The molecule has 1 saturated heterocycles. The quantitative estimate of drug-likeness (QED) is 0.578. The second kappa shape index (κ2) is 9.80. The number of carbonyl (C=O) groups is 2. The van der Waals surface area contributed by atoms with Crippen LogP contribution in [0.3, 0.4) is 0 Å².